The summed E-state index contributed by atoms with van der Waals surface area (Å²) in [6.45, 7) is 5.98. The predicted octanol–water partition coefficient (Wildman–Crippen LogP) is 4.32. The molecular formula is C17H29Cl2N3O. The van der Waals surface area contributed by atoms with Gasteiger partial charge < -0.3 is 16.0 Å². The number of amides is 1. The summed E-state index contributed by atoms with van der Waals surface area (Å²) in [7, 11) is 3.75. The Morgan fingerprint density at radius 3 is 2.13 bits per heavy atom. The maximum Gasteiger partial charge on any atom is 0.242 e. The molecule has 1 rings (SSSR count). The van der Waals surface area contributed by atoms with E-state index in [2.05, 4.69) is 22.9 Å². The van der Waals surface area contributed by atoms with Crippen LogP contribution in [0.5, 0.6) is 0 Å². The average molecular weight is 362 g/mol. The number of benzene rings is 1. The van der Waals surface area contributed by atoms with Gasteiger partial charge in [0.1, 0.15) is 6.04 Å². The zero-order valence-corrected chi connectivity index (χ0v) is 16.2. The Labute approximate surface area is 150 Å². The number of rotatable bonds is 7. The molecule has 1 aromatic rings. The molecule has 4 nitrogen and oxygen atoms in total. The lowest BCUT2D eigenvalue weighted by Crippen LogP contribution is -2.42. The van der Waals surface area contributed by atoms with Gasteiger partial charge in [0.05, 0.1) is 0 Å². The Bertz CT molecular complexity index is 449. The molecule has 23 heavy (non-hydrogen) atoms. The first kappa shape index (κ1) is 22.0. The number of anilines is 1. The smallest absolute Gasteiger partial charge is 0.242 e. The van der Waals surface area contributed by atoms with E-state index in [9.17, 15) is 4.79 Å². The summed E-state index contributed by atoms with van der Waals surface area (Å²) >= 11 is 11.9. The zero-order valence-electron chi connectivity index (χ0n) is 14.7. The zero-order chi connectivity index (χ0) is 17.8. The lowest BCUT2D eigenvalue weighted by atomic mass is 10.1. The number of nitrogens with one attached hydrogen (secondary N) is 3. The van der Waals surface area contributed by atoms with Crippen LogP contribution in [0.15, 0.2) is 18.2 Å². The fourth-order valence-corrected chi connectivity index (χ4v) is 2.43. The number of unbranched alkanes of at least 4 members (excludes halogenated alkanes) is 1. The van der Waals surface area contributed by atoms with Gasteiger partial charge in [-0.25, -0.2) is 0 Å². The van der Waals surface area contributed by atoms with Crippen LogP contribution in [0.25, 0.3) is 0 Å². The minimum Gasteiger partial charge on any atom is -0.374 e. The van der Waals surface area contributed by atoms with Crippen LogP contribution in [0.3, 0.4) is 0 Å². The summed E-state index contributed by atoms with van der Waals surface area (Å²) in [6.07, 6.45) is 3.25. The Kier molecular flexibility index (Phi) is 11.9. The highest BCUT2D eigenvalue weighted by atomic mass is 35.5. The van der Waals surface area contributed by atoms with Gasteiger partial charge in [-0.05, 0) is 52.6 Å². The standard InChI is InChI=1S/C15H22Cl2N2O.C2H7N/c1-4-5-6-10(2)18-15(20)11(3)19-14-8-12(16)7-13(17)9-14;1-3-2/h7-11,19H,4-6H2,1-3H3,(H,18,20);3H,1-2H3/t10?,11-;/m0./s1. The molecular weight excluding hydrogens is 333 g/mol. The molecule has 3 N–H and O–H groups in total. The monoisotopic (exact) mass is 361 g/mol. The van der Waals surface area contributed by atoms with E-state index in [1.807, 2.05) is 27.9 Å². The van der Waals surface area contributed by atoms with Crippen molar-refractivity contribution >= 4 is 34.8 Å². The molecule has 0 saturated carbocycles. The highest BCUT2D eigenvalue weighted by molar-refractivity contribution is 6.35. The normalized spacial score (nSPS) is 12.7. The summed E-state index contributed by atoms with van der Waals surface area (Å²) < 4.78 is 0. The van der Waals surface area contributed by atoms with Crippen molar-refractivity contribution in [2.45, 2.75) is 52.1 Å². The molecule has 0 aliphatic carbocycles. The van der Waals surface area contributed by atoms with Crippen LogP contribution in [0.4, 0.5) is 5.69 Å². The molecule has 132 valence electrons. The quantitative estimate of drug-likeness (QED) is 0.677. The van der Waals surface area contributed by atoms with Crippen molar-refractivity contribution < 1.29 is 4.79 Å². The van der Waals surface area contributed by atoms with Gasteiger partial charge in [-0.15, -0.1) is 0 Å². The van der Waals surface area contributed by atoms with Crippen LogP contribution in [0, 0.1) is 0 Å². The SMILES string of the molecule is CCCCC(C)NC(=O)[C@H](C)Nc1cc(Cl)cc(Cl)c1.CNC. The second-order valence-electron chi connectivity index (χ2n) is 5.58. The molecule has 1 amide bonds. The molecule has 0 bridgehead atoms. The number of hydrogen-bond acceptors (Lipinski definition) is 3. The van der Waals surface area contributed by atoms with Gasteiger partial charge in [-0.2, -0.15) is 0 Å². The minimum atomic E-state index is -0.339. The van der Waals surface area contributed by atoms with Crippen LogP contribution in [0.1, 0.15) is 40.0 Å². The van der Waals surface area contributed by atoms with Gasteiger partial charge in [0.2, 0.25) is 5.91 Å². The lowest BCUT2D eigenvalue weighted by Gasteiger charge is -2.19. The van der Waals surface area contributed by atoms with Gasteiger partial charge >= 0.3 is 0 Å². The fourth-order valence-electron chi connectivity index (χ4n) is 1.90. The molecule has 6 heteroatoms. The second-order valence-corrected chi connectivity index (χ2v) is 6.45. The third kappa shape index (κ3) is 10.4. The number of carbonyl (C=O) groups excluding carboxylic acids is 1. The first-order valence-electron chi connectivity index (χ1n) is 7.95. The molecule has 0 fully saturated rings. The van der Waals surface area contributed by atoms with Crippen molar-refractivity contribution in [2.24, 2.45) is 0 Å². The van der Waals surface area contributed by atoms with E-state index in [0.29, 0.717) is 10.0 Å². The lowest BCUT2D eigenvalue weighted by molar-refractivity contribution is -0.122. The number of carbonyl (C=O) groups is 1. The third-order valence-corrected chi connectivity index (χ3v) is 3.45. The summed E-state index contributed by atoms with van der Waals surface area (Å²) in [5.41, 5.74) is 0.742. The van der Waals surface area contributed by atoms with Gasteiger partial charge in [0.25, 0.3) is 0 Å². The van der Waals surface area contributed by atoms with E-state index in [0.717, 1.165) is 24.9 Å². The first-order chi connectivity index (χ1) is 10.8. The first-order valence-corrected chi connectivity index (χ1v) is 8.71. The van der Waals surface area contributed by atoms with Gasteiger partial charge in [-0.3, -0.25) is 4.79 Å². The topological polar surface area (TPSA) is 53.2 Å². The van der Waals surface area contributed by atoms with Crippen molar-refractivity contribution in [1.82, 2.24) is 10.6 Å². The Morgan fingerprint density at radius 2 is 1.65 bits per heavy atom. The summed E-state index contributed by atoms with van der Waals surface area (Å²) in [5.74, 6) is -0.0234. The molecule has 0 radical (unpaired) electrons. The fraction of sp³-hybridized carbons (Fsp3) is 0.588. The second kappa shape index (κ2) is 12.5. The van der Waals surface area contributed by atoms with Crippen LogP contribution >= 0.6 is 23.2 Å². The van der Waals surface area contributed by atoms with Crippen LogP contribution in [0.2, 0.25) is 10.0 Å². The minimum absolute atomic E-state index is 0.0234. The molecule has 1 aromatic carbocycles. The van der Waals surface area contributed by atoms with Crippen molar-refractivity contribution in [2.75, 3.05) is 19.4 Å². The molecule has 0 aromatic heterocycles. The van der Waals surface area contributed by atoms with Gasteiger partial charge in [0, 0.05) is 21.8 Å². The average Bonchev–Trinajstić information content (AvgIpc) is 2.44. The van der Waals surface area contributed by atoms with E-state index in [1.54, 1.807) is 18.2 Å². The third-order valence-electron chi connectivity index (χ3n) is 3.02. The molecule has 0 saturated heterocycles. The summed E-state index contributed by atoms with van der Waals surface area (Å²) in [5, 5.41) is 9.94. The van der Waals surface area contributed by atoms with Crippen molar-refractivity contribution in [3.05, 3.63) is 28.2 Å². The Hall–Kier alpha value is -0.970. The van der Waals surface area contributed by atoms with E-state index < -0.39 is 0 Å². The molecule has 2 atom stereocenters. The maximum absolute atomic E-state index is 12.1. The summed E-state index contributed by atoms with van der Waals surface area (Å²) in [6, 6.07) is 5.00. The van der Waals surface area contributed by atoms with Gasteiger partial charge in [-0.1, -0.05) is 43.0 Å². The Balaban J connectivity index is 0.00000149. The molecule has 0 heterocycles. The van der Waals surface area contributed by atoms with E-state index in [1.165, 1.54) is 0 Å². The Morgan fingerprint density at radius 1 is 1.13 bits per heavy atom. The molecule has 1 unspecified atom stereocenters. The van der Waals surface area contributed by atoms with Crippen LogP contribution in [-0.4, -0.2) is 32.1 Å². The van der Waals surface area contributed by atoms with Crippen molar-refractivity contribution in [3.63, 3.8) is 0 Å². The van der Waals surface area contributed by atoms with Crippen molar-refractivity contribution in [3.8, 4) is 0 Å². The van der Waals surface area contributed by atoms with Crippen molar-refractivity contribution in [1.29, 1.82) is 0 Å². The number of halogens is 2. The highest BCUT2D eigenvalue weighted by Crippen LogP contribution is 2.22. The van der Waals surface area contributed by atoms with Crippen LogP contribution < -0.4 is 16.0 Å². The molecule has 0 aliphatic heterocycles. The predicted molar refractivity (Wildman–Crippen MR) is 102 cm³/mol. The van der Waals surface area contributed by atoms with E-state index in [4.69, 9.17) is 23.2 Å². The van der Waals surface area contributed by atoms with Crippen LogP contribution in [-0.2, 0) is 4.79 Å². The maximum atomic E-state index is 12.1. The van der Waals surface area contributed by atoms with E-state index in [-0.39, 0.29) is 18.0 Å². The highest BCUT2D eigenvalue weighted by Gasteiger charge is 2.15. The van der Waals surface area contributed by atoms with Gasteiger partial charge in [0.15, 0.2) is 0 Å². The molecule has 0 aliphatic rings. The summed E-state index contributed by atoms with van der Waals surface area (Å²) in [4.78, 5) is 12.1. The van der Waals surface area contributed by atoms with E-state index >= 15 is 0 Å². The molecule has 0 spiro atoms. The largest absolute Gasteiger partial charge is 0.374 e. The number of hydrogen-bond donors (Lipinski definition) is 3.